The molecule has 3 rings (SSSR count). The zero-order valence-electron chi connectivity index (χ0n) is 13.7. The highest BCUT2D eigenvalue weighted by Crippen LogP contribution is 2.31. The number of aromatic amines is 1. The summed E-state index contributed by atoms with van der Waals surface area (Å²) in [5.41, 5.74) is -0.577. The lowest BCUT2D eigenvalue weighted by Crippen LogP contribution is -2.13. The fourth-order valence-electron chi connectivity index (χ4n) is 2.14. The van der Waals surface area contributed by atoms with Gasteiger partial charge in [0.05, 0.1) is 22.9 Å². The fourth-order valence-corrected chi connectivity index (χ4v) is 2.65. The number of anilines is 1. The van der Waals surface area contributed by atoms with Crippen molar-refractivity contribution in [3.05, 3.63) is 73.1 Å². The first-order valence-electron chi connectivity index (χ1n) is 7.42. The molecule has 3 aromatic rings. The molecule has 0 bridgehead atoms. The predicted molar refractivity (Wildman–Crippen MR) is 98.3 cm³/mol. The van der Waals surface area contributed by atoms with Crippen molar-refractivity contribution in [2.45, 2.75) is 0 Å². The Morgan fingerprint density at radius 1 is 1.18 bits per heavy atom. The Morgan fingerprint density at radius 3 is 2.57 bits per heavy atom. The maximum absolute atomic E-state index is 12.4. The summed E-state index contributed by atoms with van der Waals surface area (Å²) >= 11 is 2.93. The lowest BCUT2D eigenvalue weighted by Gasteiger charge is -2.08. The normalized spacial score (nSPS) is 10.3. The number of halogens is 1. The Kier molecular flexibility index (Phi) is 5.26. The molecule has 0 aliphatic heterocycles. The van der Waals surface area contributed by atoms with Gasteiger partial charge in [-0.05, 0) is 33.0 Å². The number of rotatable bonds is 6. The molecule has 142 valence electrons. The van der Waals surface area contributed by atoms with Gasteiger partial charge in [0.1, 0.15) is 16.0 Å². The van der Waals surface area contributed by atoms with Crippen molar-refractivity contribution in [3.8, 4) is 11.5 Å². The fraction of sp³-hybridized carbons (Fsp3) is 0. The Morgan fingerprint density at radius 2 is 1.96 bits per heavy atom. The minimum absolute atomic E-state index is 0.0376. The molecule has 12 nitrogen and oxygen atoms in total. The number of carbonyl (C=O) groups excluding carboxylic acids is 1. The van der Waals surface area contributed by atoms with Gasteiger partial charge in [-0.15, -0.1) is 5.10 Å². The number of nitrogens with one attached hydrogen (secondary N) is 2. The maximum Gasteiger partial charge on any atom is 0.357 e. The molecular weight excluding hydrogens is 440 g/mol. The second-order valence-corrected chi connectivity index (χ2v) is 6.00. The molecule has 0 radical (unpaired) electrons. The van der Waals surface area contributed by atoms with Crippen molar-refractivity contribution in [1.82, 2.24) is 15.2 Å². The van der Waals surface area contributed by atoms with Crippen LogP contribution in [-0.4, -0.2) is 30.9 Å². The van der Waals surface area contributed by atoms with E-state index in [4.69, 9.17) is 4.74 Å². The molecule has 1 amide bonds. The van der Waals surface area contributed by atoms with E-state index in [0.29, 0.717) is 5.75 Å². The van der Waals surface area contributed by atoms with Crippen molar-refractivity contribution < 1.29 is 19.4 Å². The molecule has 0 unspecified atom stereocenters. The number of amides is 1. The van der Waals surface area contributed by atoms with Crippen LogP contribution in [0.5, 0.6) is 11.5 Å². The van der Waals surface area contributed by atoms with E-state index in [1.807, 2.05) is 0 Å². The van der Waals surface area contributed by atoms with Crippen LogP contribution in [0.15, 0.2) is 47.2 Å². The number of nitro benzene ring substituents is 1. The molecule has 0 saturated carbocycles. The highest BCUT2D eigenvalue weighted by atomic mass is 79.9. The summed E-state index contributed by atoms with van der Waals surface area (Å²) < 4.78 is 5.37. The van der Waals surface area contributed by atoms with E-state index in [1.165, 1.54) is 24.5 Å². The molecule has 0 spiro atoms. The van der Waals surface area contributed by atoms with Crippen LogP contribution >= 0.6 is 15.9 Å². The van der Waals surface area contributed by atoms with Gasteiger partial charge >= 0.3 is 5.82 Å². The van der Waals surface area contributed by atoms with Crippen molar-refractivity contribution >= 4 is 39.0 Å². The topological polar surface area (TPSA) is 166 Å². The molecule has 2 N–H and O–H groups in total. The highest BCUT2D eigenvalue weighted by molar-refractivity contribution is 9.10. The molecule has 2 heterocycles. The molecule has 13 heteroatoms. The van der Waals surface area contributed by atoms with Crippen molar-refractivity contribution in [3.63, 3.8) is 0 Å². The second kappa shape index (κ2) is 7.79. The van der Waals surface area contributed by atoms with Gasteiger partial charge in [-0.1, -0.05) is 5.10 Å². The lowest BCUT2D eigenvalue weighted by molar-refractivity contribution is -0.390. The Hall–Kier alpha value is -3.87. The second-order valence-electron chi connectivity index (χ2n) is 5.21. The predicted octanol–water partition coefficient (Wildman–Crippen LogP) is 3.43. The Bertz CT molecular complexity index is 1070. The van der Waals surface area contributed by atoms with Crippen molar-refractivity contribution in [1.29, 1.82) is 0 Å². The molecule has 28 heavy (non-hydrogen) atoms. The zero-order valence-corrected chi connectivity index (χ0v) is 15.2. The maximum atomic E-state index is 12.4. The number of nitro groups is 2. The number of hydrogen-bond donors (Lipinski definition) is 2. The van der Waals surface area contributed by atoms with Gasteiger partial charge in [-0.25, -0.2) is 0 Å². The third kappa shape index (κ3) is 4.09. The monoisotopic (exact) mass is 448 g/mol. The standard InChI is InChI=1S/C15H9BrN6O6/c16-12-13(19-20-14(12)22(26)27)15(23)18-8-4-9(21(24)25)6-11(5-8)28-10-2-1-3-17-7-10/h1-7H,(H,18,23)(H,19,20). The van der Waals surface area contributed by atoms with E-state index < -0.39 is 21.6 Å². The van der Waals surface area contributed by atoms with Crippen LogP contribution in [0.4, 0.5) is 17.2 Å². The van der Waals surface area contributed by atoms with Gasteiger partial charge in [0.15, 0.2) is 5.69 Å². The van der Waals surface area contributed by atoms with E-state index in [2.05, 4.69) is 36.4 Å². The van der Waals surface area contributed by atoms with Gasteiger partial charge in [0, 0.05) is 18.3 Å². The van der Waals surface area contributed by atoms with Crippen molar-refractivity contribution in [2.75, 3.05) is 5.32 Å². The minimum atomic E-state index is -0.816. The summed E-state index contributed by atoms with van der Waals surface area (Å²) in [5, 5.41) is 30.1. The quantitative estimate of drug-likeness (QED) is 0.426. The molecular formula is C15H9BrN6O6. The smallest absolute Gasteiger partial charge is 0.357 e. The number of aromatic nitrogens is 3. The first-order chi connectivity index (χ1) is 13.3. The number of nitrogens with zero attached hydrogens (tertiary/aromatic N) is 4. The molecule has 2 aromatic heterocycles. The molecule has 0 aliphatic carbocycles. The summed E-state index contributed by atoms with van der Waals surface area (Å²) in [6, 6.07) is 6.87. The number of ether oxygens (including phenoxy) is 1. The summed E-state index contributed by atoms with van der Waals surface area (Å²) in [5.74, 6) is -0.885. The van der Waals surface area contributed by atoms with Gasteiger partial charge in [0.25, 0.3) is 11.6 Å². The van der Waals surface area contributed by atoms with Crippen molar-refractivity contribution in [2.24, 2.45) is 0 Å². The summed E-state index contributed by atoms with van der Waals surface area (Å²) in [4.78, 5) is 36.8. The van der Waals surface area contributed by atoms with E-state index in [-0.39, 0.29) is 27.3 Å². The largest absolute Gasteiger partial charge is 0.455 e. The average molecular weight is 449 g/mol. The number of benzene rings is 1. The summed E-state index contributed by atoms with van der Waals surface area (Å²) in [6.07, 6.45) is 2.95. The first kappa shape index (κ1) is 18.9. The summed E-state index contributed by atoms with van der Waals surface area (Å²) in [7, 11) is 0. The third-order valence-electron chi connectivity index (χ3n) is 3.32. The third-order valence-corrected chi connectivity index (χ3v) is 4.07. The zero-order chi connectivity index (χ0) is 20.3. The minimum Gasteiger partial charge on any atom is -0.455 e. The number of H-pyrrole nitrogens is 1. The first-order valence-corrected chi connectivity index (χ1v) is 8.21. The lowest BCUT2D eigenvalue weighted by atomic mass is 10.2. The molecule has 0 fully saturated rings. The van der Waals surface area contributed by atoms with E-state index in [0.717, 1.165) is 6.07 Å². The van der Waals surface area contributed by atoms with Crippen LogP contribution in [0.2, 0.25) is 0 Å². The highest BCUT2D eigenvalue weighted by Gasteiger charge is 2.25. The van der Waals surface area contributed by atoms with Crippen LogP contribution in [0, 0.1) is 20.2 Å². The van der Waals surface area contributed by atoms with Crippen LogP contribution in [-0.2, 0) is 0 Å². The molecule has 0 aliphatic rings. The molecule has 0 atom stereocenters. The number of non-ortho nitro benzene ring substituents is 1. The molecule has 1 aromatic carbocycles. The van der Waals surface area contributed by atoms with E-state index in [9.17, 15) is 25.0 Å². The van der Waals surface area contributed by atoms with Crippen LogP contribution in [0.1, 0.15) is 10.5 Å². The van der Waals surface area contributed by atoms with Gasteiger partial charge < -0.3 is 20.2 Å². The summed E-state index contributed by atoms with van der Waals surface area (Å²) in [6.45, 7) is 0. The van der Waals surface area contributed by atoms with Gasteiger partial charge in [-0.3, -0.25) is 19.9 Å². The van der Waals surface area contributed by atoms with Gasteiger partial charge in [0.2, 0.25) is 0 Å². The van der Waals surface area contributed by atoms with Crippen LogP contribution < -0.4 is 10.1 Å². The number of pyridine rings is 1. The number of carbonyl (C=O) groups is 1. The average Bonchev–Trinajstić information content (AvgIpc) is 3.04. The van der Waals surface area contributed by atoms with E-state index >= 15 is 0 Å². The number of hydrogen-bond acceptors (Lipinski definition) is 8. The van der Waals surface area contributed by atoms with Gasteiger partial charge in [-0.2, -0.15) is 0 Å². The van der Waals surface area contributed by atoms with Crippen LogP contribution in [0.25, 0.3) is 0 Å². The Labute approximate surface area is 164 Å². The van der Waals surface area contributed by atoms with Crippen LogP contribution in [0.3, 0.4) is 0 Å². The molecule has 0 saturated heterocycles. The SMILES string of the molecule is O=C(Nc1cc(Oc2cccnc2)cc([N+](=O)[O-])c1)c1n[nH]c([N+](=O)[O-])c1Br. The Balaban J connectivity index is 1.89. The van der Waals surface area contributed by atoms with E-state index in [1.54, 1.807) is 12.1 Å².